The number of hydrogen-bond donors (Lipinski definition) is 1. The van der Waals surface area contributed by atoms with Crippen molar-refractivity contribution in [2.24, 2.45) is 0 Å². The van der Waals surface area contributed by atoms with Crippen LogP contribution in [0.25, 0.3) is 0 Å². The van der Waals surface area contributed by atoms with Gasteiger partial charge in [0.2, 0.25) is 0 Å². The molecule has 1 aliphatic rings. The molecule has 1 saturated heterocycles. The van der Waals surface area contributed by atoms with Crippen molar-refractivity contribution in [2.75, 3.05) is 20.1 Å². The number of likely N-dealkylation sites (N-methyl/N-ethyl adjacent to an activating group) is 1. The molecule has 1 atom stereocenters. The molecule has 5 heteroatoms. The first kappa shape index (κ1) is 16.1. The molecule has 1 aromatic carbocycles. The average Bonchev–Trinajstić information content (AvgIpc) is 2.34. The summed E-state index contributed by atoms with van der Waals surface area (Å²) in [6, 6.07) is 6.27. The van der Waals surface area contributed by atoms with E-state index in [0.29, 0.717) is 6.04 Å². The average molecular weight is 310 g/mol. The summed E-state index contributed by atoms with van der Waals surface area (Å²) in [6.45, 7) is 3.11. The second kappa shape index (κ2) is 7.56. The largest absolute Gasteiger partial charge is 0.316 e. The Balaban J connectivity index is 0.00000162. The summed E-state index contributed by atoms with van der Waals surface area (Å²) in [6.07, 6.45) is 2.50. The van der Waals surface area contributed by atoms with E-state index in [1.807, 2.05) is 25.2 Å². The van der Waals surface area contributed by atoms with E-state index in [4.69, 9.17) is 23.2 Å². The molecule has 1 aromatic rings. The maximum absolute atomic E-state index is 6.18. The van der Waals surface area contributed by atoms with E-state index in [2.05, 4.69) is 10.2 Å². The van der Waals surface area contributed by atoms with E-state index in [9.17, 15) is 0 Å². The van der Waals surface area contributed by atoms with Gasteiger partial charge in [-0.25, -0.2) is 0 Å². The minimum Gasteiger partial charge on any atom is -0.316 e. The number of rotatable bonds is 3. The van der Waals surface area contributed by atoms with Gasteiger partial charge in [0.1, 0.15) is 0 Å². The van der Waals surface area contributed by atoms with E-state index in [-0.39, 0.29) is 12.4 Å². The summed E-state index contributed by atoms with van der Waals surface area (Å²) < 4.78 is 0. The summed E-state index contributed by atoms with van der Waals surface area (Å²) in [5.41, 5.74) is 1.12. The number of halogens is 3. The minimum atomic E-state index is 0. The fraction of sp³-hybridized carbons (Fsp3) is 0.538. The van der Waals surface area contributed by atoms with Crippen molar-refractivity contribution >= 4 is 35.6 Å². The van der Waals surface area contributed by atoms with Crippen molar-refractivity contribution in [1.29, 1.82) is 0 Å². The van der Waals surface area contributed by atoms with Crippen molar-refractivity contribution in [2.45, 2.75) is 25.4 Å². The Kier molecular flexibility index (Phi) is 6.75. The highest BCUT2D eigenvalue weighted by molar-refractivity contribution is 6.33. The maximum atomic E-state index is 6.18. The summed E-state index contributed by atoms with van der Waals surface area (Å²) in [7, 11) is 2.03. The normalized spacial score (nSPS) is 20.5. The lowest BCUT2D eigenvalue weighted by atomic mass is 10.1. The second-order valence-corrected chi connectivity index (χ2v) is 5.44. The molecule has 1 heterocycles. The zero-order chi connectivity index (χ0) is 12.3. The predicted octanol–water partition coefficient (Wildman–Crippen LogP) is 3.60. The third-order valence-electron chi connectivity index (χ3n) is 3.32. The Morgan fingerprint density at radius 2 is 2.17 bits per heavy atom. The quantitative estimate of drug-likeness (QED) is 0.918. The molecule has 1 N–H and O–H groups in total. The van der Waals surface area contributed by atoms with Crippen LogP contribution in [0.4, 0.5) is 0 Å². The van der Waals surface area contributed by atoms with Crippen molar-refractivity contribution in [3.63, 3.8) is 0 Å². The highest BCUT2D eigenvalue weighted by atomic mass is 35.5. The van der Waals surface area contributed by atoms with E-state index < -0.39 is 0 Å². The topological polar surface area (TPSA) is 15.3 Å². The lowest BCUT2D eigenvalue weighted by Gasteiger charge is -2.32. The van der Waals surface area contributed by atoms with Crippen LogP contribution >= 0.6 is 35.6 Å². The lowest BCUT2D eigenvalue weighted by Crippen LogP contribution is -2.43. The number of benzene rings is 1. The van der Waals surface area contributed by atoms with Crippen molar-refractivity contribution in [3.05, 3.63) is 33.8 Å². The van der Waals surface area contributed by atoms with Crippen LogP contribution < -0.4 is 5.32 Å². The van der Waals surface area contributed by atoms with Crippen LogP contribution in [0.2, 0.25) is 10.0 Å². The molecule has 2 rings (SSSR count). The van der Waals surface area contributed by atoms with Crippen LogP contribution in [0.15, 0.2) is 18.2 Å². The minimum absolute atomic E-state index is 0. The van der Waals surface area contributed by atoms with Gasteiger partial charge in [-0.15, -0.1) is 12.4 Å². The molecule has 0 aliphatic carbocycles. The standard InChI is InChI=1S/C13H18Cl2N2.ClH/c1-16-12-3-2-6-17(9-12)8-10-7-11(14)4-5-13(10)15;/h4-5,7,12,16H,2-3,6,8-9H2,1H3;1H. The second-order valence-electron chi connectivity index (χ2n) is 4.60. The smallest absolute Gasteiger partial charge is 0.0452 e. The summed E-state index contributed by atoms with van der Waals surface area (Å²) >= 11 is 12.2. The van der Waals surface area contributed by atoms with Gasteiger partial charge in [0.05, 0.1) is 0 Å². The molecule has 1 unspecified atom stereocenters. The number of nitrogens with one attached hydrogen (secondary N) is 1. The molecule has 1 aliphatic heterocycles. The zero-order valence-corrected chi connectivity index (χ0v) is 12.8. The maximum Gasteiger partial charge on any atom is 0.0452 e. The first-order valence-corrected chi connectivity index (χ1v) is 6.78. The van der Waals surface area contributed by atoms with Crippen molar-refractivity contribution in [1.82, 2.24) is 10.2 Å². The predicted molar refractivity (Wildman–Crippen MR) is 81.1 cm³/mol. The van der Waals surface area contributed by atoms with Gasteiger partial charge in [-0.1, -0.05) is 23.2 Å². The molecule has 1 fully saturated rings. The Morgan fingerprint density at radius 3 is 2.89 bits per heavy atom. The van der Waals surface area contributed by atoms with Gasteiger partial charge in [0, 0.05) is 29.2 Å². The van der Waals surface area contributed by atoms with E-state index in [1.165, 1.54) is 12.8 Å². The Hall–Kier alpha value is 0.01000. The third-order valence-corrected chi connectivity index (χ3v) is 3.92. The molecule has 0 bridgehead atoms. The lowest BCUT2D eigenvalue weighted by molar-refractivity contribution is 0.188. The third kappa shape index (κ3) is 4.29. The first-order chi connectivity index (χ1) is 8.19. The van der Waals surface area contributed by atoms with Gasteiger partial charge in [0.15, 0.2) is 0 Å². The summed E-state index contributed by atoms with van der Waals surface area (Å²) in [4.78, 5) is 2.43. The molecule has 0 aromatic heterocycles. The molecule has 102 valence electrons. The molecule has 2 nitrogen and oxygen atoms in total. The highest BCUT2D eigenvalue weighted by Crippen LogP contribution is 2.23. The number of hydrogen-bond acceptors (Lipinski definition) is 2. The van der Waals surface area contributed by atoms with E-state index >= 15 is 0 Å². The van der Waals surface area contributed by atoms with Crippen LogP contribution in [0, 0.1) is 0 Å². The molecule has 0 amide bonds. The van der Waals surface area contributed by atoms with Crippen LogP contribution in [0.3, 0.4) is 0 Å². The van der Waals surface area contributed by atoms with Gasteiger partial charge in [-0.3, -0.25) is 4.90 Å². The van der Waals surface area contributed by atoms with Crippen LogP contribution in [0.1, 0.15) is 18.4 Å². The summed E-state index contributed by atoms with van der Waals surface area (Å²) in [5, 5.41) is 4.91. The van der Waals surface area contributed by atoms with Gasteiger partial charge in [-0.2, -0.15) is 0 Å². The Morgan fingerprint density at radius 1 is 1.39 bits per heavy atom. The molecular formula is C13H19Cl3N2. The van der Waals surface area contributed by atoms with Gasteiger partial charge in [0.25, 0.3) is 0 Å². The van der Waals surface area contributed by atoms with Crippen LogP contribution in [0.5, 0.6) is 0 Å². The number of piperidine rings is 1. The van der Waals surface area contributed by atoms with Crippen molar-refractivity contribution < 1.29 is 0 Å². The Bertz CT molecular complexity index is 384. The number of nitrogens with zero attached hydrogens (tertiary/aromatic N) is 1. The molecule has 0 saturated carbocycles. The van der Waals surface area contributed by atoms with Crippen LogP contribution in [-0.2, 0) is 6.54 Å². The number of likely N-dealkylation sites (tertiary alicyclic amines) is 1. The van der Waals surface area contributed by atoms with E-state index in [1.54, 1.807) is 0 Å². The monoisotopic (exact) mass is 308 g/mol. The molecule has 18 heavy (non-hydrogen) atoms. The van der Waals surface area contributed by atoms with Gasteiger partial charge in [-0.05, 0) is 50.2 Å². The SMILES string of the molecule is CNC1CCCN(Cc2cc(Cl)ccc2Cl)C1.Cl. The zero-order valence-electron chi connectivity index (χ0n) is 10.5. The van der Waals surface area contributed by atoms with Crippen LogP contribution in [-0.4, -0.2) is 31.1 Å². The molecule has 0 radical (unpaired) electrons. The fourth-order valence-electron chi connectivity index (χ4n) is 2.34. The van der Waals surface area contributed by atoms with Crippen molar-refractivity contribution in [3.8, 4) is 0 Å². The van der Waals surface area contributed by atoms with Gasteiger partial charge < -0.3 is 5.32 Å². The highest BCUT2D eigenvalue weighted by Gasteiger charge is 2.19. The Labute approximate surface area is 125 Å². The fourth-order valence-corrected chi connectivity index (χ4v) is 2.71. The molecule has 0 spiro atoms. The van der Waals surface area contributed by atoms with E-state index in [0.717, 1.165) is 35.2 Å². The molecular weight excluding hydrogens is 291 g/mol. The first-order valence-electron chi connectivity index (χ1n) is 6.02. The van der Waals surface area contributed by atoms with Gasteiger partial charge >= 0.3 is 0 Å². The summed E-state index contributed by atoms with van der Waals surface area (Å²) in [5.74, 6) is 0.